The molecular weight excluding hydrogens is 684 g/mol. The summed E-state index contributed by atoms with van der Waals surface area (Å²) in [4.78, 5) is 52.1. The van der Waals surface area contributed by atoms with Gasteiger partial charge in [0, 0.05) is 17.1 Å². The SMILES string of the molecule is CCCCOC(=O)c1ccc(Nc2nc(Nc3ccc(C(=O)OC4(C)CCCCC4)cc3)nc(Nc3ccc(C(=O)OC4(C)CCCCC4)cc3)n2)cc1. The van der Waals surface area contributed by atoms with Gasteiger partial charge in [0.05, 0.1) is 23.3 Å². The first-order valence-corrected chi connectivity index (χ1v) is 19.1. The number of carbonyl (C=O) groups is 3. The highest BCUT2D eigenvalue weighted by atomic mass is 16.6. The number of hydrogen-bond donors (Lipinski definition) is 3. The molecule has 1 aromatic heterocycles. The monoisotopic (exact) mass is 734 g/mol. The second kappa shape index (κ2) is 17.5. The fourth-order valence-corrected chi connectivity index (χ4v) is 6.76. The molecule has 0 amide bonds. The van der Waals surface area contributed by atoms with Crippen molar-refractivity contribution in [3.63, 3.8) is 0 Å². The van der Waals surface area contributed by atoms with E-state index in [1.807, 2.05) is 20.8 Å². The molecule has 3 aromatic carbocycles. The van der Waals surface area contributed by atoms with Crippen LogP contribution in [0.2, 0.25) is 0 Å². The number of aromatic nitrogens is 3. The molecule has 0 saturated heterocycles. The van der Waals surface area contributed by atoms with Crippen LogP contribution in [0.5, 0.6) is 0 Å². The van der Waals surface area contributed by atoms with Crippen molar-refractivity contribution in [2.24, 2.45) is 0 Å². The van der Waals surface area contributed by atoms with Crippen LogP contribution in [0.4, 0.5) is 34.9 Å². The number of esters is 3. The van der Waals surface area contributed by atoms with Gasteiger partial charge < -0.3 is 30.2 Å². The molecule has 12 heteroatoms. The molecule has 2 aliphatic rings. The van der Waals surface area contributed by atoms with E-state index in [1.165, 1.54) is 12.8 Å². The number of benzene rings is 3. The van der Waals surface area contributed by atoms with Crippen molar-refractivity contribution in [2.75, 3.05) is 22.6 Å². The highest BCUT2D eigenvalue weighted by Crippen LogP contribution is 2.33. The number of carbonyl (C=O) groups excluding carboxylic acids is 3. The minimum Gasteiger partial charge on any atom is -0.462 e. The van der Waals surface area contributed by atoms with Gasteiger partial charge in [-0.2, -0.15) is 15.0 Å². The second-order valence-corrected chi connectivity index (χ2v) is 14.7. The van der Waals surface area contributed by atoms with Gasteiger partial charge in [-0.15, -0.1) is 0 Å². The molecule has 12 nitrogen and oxygen atoms in total. The van der Waals surface area contributed by atoms with Gasteiger partial charge >= 0.3 is 17.9 Å². The number of anilines is 6. The maximum Gasteiger partial charge on any atom is 0.338 e. The molecule has 0 bridgehead atoms. The molecule has 2 aliphatic carbocycles. The van der Waals surface area contributed by atoms with Crippen molar-refractivity contribution < 1.29 is 28.6 Å². The van der Waals surface area contributed by atoms with Crippen molar-refractivity contribution in [3.8, 4) is 0 Å². The van der Waals surface area contributed by atoms with E-state index < -0.39 is 11.2 Å². The maximum absolute atomic E-state index is 13.0. The Morgan fingerprint density at radius 3 is 1.20 bits per heavy atom. The lowest BCUT2D eigenvalue weighted by Crippen LogP contribution is -2.33. The van der Waals surface area contributed by atoms with Crippen LogP contribution in [0.15, 0.2) is 72.8 Å². The zero-order valence-corrected chi connectivity index (χ0v) is 31.4. The van der Waals surface area contributed by atoms with E-state index in [-0.39, 0.29) is 35.8 Å². The molecule has 4 aromatic rings. The Kier molecular flexibility index (Phi) is 12.4. The van der Waals surface area contributed by atoms with Gasteiger partial charge in [-0.25, -0.2) is 14.4 Å². The molecular formula is C42H50N6O6. The van der Waals surface area contributed by atoms with Crippen LogP contribution in [0.25, 0.3) is 0 Å². The van der Waals surface area contributed by atoms with Gasteiger partial charge in [0.15, 0.2) is 0 Å². The van der Waals surface area contributed by atoms with E-state index in [9.17, 15) is 14.4 Å². The Balaban J connectivity index is 1.17. The fraction of sp³-hybridized carbons (Fsp3) is 0.429. The van der Waals surface area contributed by atoms with Crippen molar-refractivity contribution >= 4 is 52.8 Å². The lowest BCUT2D eigenvalue weighted by Gasteiger charge is -2.33. The highest BCUT2D eigenvalue weighted by Gasteiger charge is 2.32. The Morgan fingerprint density at radius 2 is 0.870 bits per heavy atom. The Morgan fingerprint density at radius 1 is 0.537 bits per heavy atom. The summed E-state index contributed by atoms with van der Waals surface area (Å²) < 4.78 is 17.1. The molecule has 0 spiro atoms. The minimum absolute atomic E-state index is 0.232. The zero-order chi connectivity index (χ0) is 38.0. The predicted octanol–water partition coefficient (Wildman–Crippen LogP) is 9.82. The van der Waals surface area contributed by atoms with Crippen molar-refractivity contribution in [1.82, 2.24) is 15.0 Å². The largest absolute Gasteiger partial charge is 0.462 e. The Hall–Kier alpha value is -5.52. The van der Waals surface area contributed by atoms with Gasteiger partial charge in [-0.1, -0.05) is 26.2 Å². The molecule has 0 unspecified atom stereocenters. The fourth-order valence-electron chi connectivity index (χ4n) is 6.76. The van der Waals surface area contributed by atoms with E-state index in [4.69, 9.17) is 14.2 Å². The number of unbranched alkanes of at least 4 members (excludes halogenated alkanes) is 1. The Labute approximate surface area is 316 Å². The first-order valence-electron chi connectivity index (χ1n) is 19.1. The van der Waals surface area contributed by atoms with Crippen LogP contribution in [-0.2, 0) is 14.2 Å². The van der Waals surface area contributed by atoms with Crippen LogP contribution in [0.1, 0.15) is 129 Å². The summed E-state index contributed by atoms with van der Waals surface area (Å²) in [6, 6.07) is 20.8. The molecule has 1 heterocycles. The molecule has 2 fully saturated rings. The van der Waals surface area contributed by atoms with E-state index in [2.05, 4.69) is 30.9 Å². The quantitative estimate of drug-likeness (QED) is 0.0642. The van der Waals surface area contributed by atoms with E-state index in [0.717, 1.165) is 64.2 Å². The van der Waals surface area contributed by atoms with Crippen LogP contribution in [0, 0.1) is 0 Å². The summed E-state index contributed by atoms with van der Waals surface area (Å²) in [6.45, 7) is 6.44. The second-order valence-electron chi connectivity index (χ2n) is 14.7. The molecule has 54 heavy (non-hydrogen) atoms. The molecule has 0 aliphatic heterocycles. The average molecular weight is 735 g/mol. The van der Waals surface area contributed by atoms with E-state index in [1.54, 1.807) is 72.8 Å². The van der Waals surface area contributed by atoms with Gasteiger partial charge in [0.2, 0.25) is 17.8 Å². The summed E-state index contributed by atoms with van der Waals surface area (Å²) >= 11 is 0. The van der Waals surface area contributed by atoms with E-state index in [0.29, 0.717) is 40.4 Å². The smallest absolute Gasteiger partial charge is 0.338 e. The summed E-state index contributed by atoms with van der Waals surface area (Å²) in [6.07, 6.45) is 11.8. The topological polar surface area (TPSA) is 154 Å². The van der Waals surface area contributed by atoms with Gasteiger partial charge in [0.1, 0.15) is 11.2 Å². The van der Waals surface area contributed by atoms with Crippen molar-refractivity contribution in [1.29, 1.82) is 0 Å². The lowest BCUT2D eigenvalue weighted by molar-refractivity contribution is -0.0278. The number of nitrogens with one attached hydrogen (secondary N) is 3. The van der Waals surface area contributed by atoms with Gasteiger partial charge in [-0.05, 0) is 144 Å². The molecule has 6 rings (SSSR count). The molecule has 0 atom stereocenters. The van der Waals surface area contributed by atoms with Gasteiger partial charge in [-0.3, -0.25) is 0 Å². The first-order chi connectivity index (χ1) is 26.1. The molecule has 284 valence electrons. The summed E-state index contributed by atoms with van der Waals surface area (Å²) in [5.74, 6) is -0.360. The van der Waals surface area contributed by atoms with Crippen LogP contribution in [-0.4, -0.2) is 50.7 Å². The normalized spacial score (nSPS) is 16.1. The summed E-state index contributed by atoms with van der Waals surface area (Å²) in [5.41, 5.74) is 2.46. The number of hydrogen-bond acceptors (Lipinski definition) is 12. The molecule has 3 N–H and O–H groups in total. The summed E-state index contributed by atoms with van der Waals surface area (Å²) in [5, 5.41) is 9.61. The maximum atomic E-state index is 13.0. The third-order valence-corrected chi connectivity index (χ3v) is 10.00. The highest BCUT2D eigenvalue weighted by molar-refractivity contribution is 5.91. The Bertz CT molecular complexity index is 1780. The predicted molar refractivity (Wildman–Crippen MR) is 208 cm³/mol. The number of ether oxygens (including phenoxy) is 3. The van der Waals surface area contributed by atoms with Crippen LogP contribution >= 0.6 is 0 Å². The van der Waals surface area contributed by atoms with Gasteiger partial charge in [0.25, 0.3) is 0 Å². The third-order valence-electron chi connectivity index (χ3n) is 10.00. The lowest BCUT2D eigenvalue weighted by atomic mass is 9.86. The minimum atomic E-state index is -0.431. The third kappa shape index (κ3) is 10.5. The van der Waals surface area contributed by atoms with Crippen molar-refractivity contribution in [3.05, 3.63) is 89.5 Å². The number of rotatable bonds is 14. The number of nitrogens with zero attached hydrogens (tertiary/aromatic N) is 3. The van der Waals surface area contributed by atoms with E-state index >= 15 is 0 Å². The first kappa shape index (κ1) is 38.2. The standard InChI is InChI=1S/C42H50N6O6/c1-4-5-28-52-35(49)29-12-18-32(19-13-29)43-38-46-39(44-33-20-14-30(15-21-33)36(50)53-41(2)24-8-6-9-25-41)48-40(47-38)45-34-22-16-31(17-23-34)37(51)54-42(3)26-10-7-11-27-42/h12-23H,4-11,24-28H2,1-3H3,(H3,43,44,45,46,47,48). The van der Waals surface area contributed by atoms with Crippen molar-refractivity contribution in [2.45, 2.75) is 109 Å². The summed E-state index contributed by atoms with van der Waals surface area (Å²) in [7, 11) is 0. The average Bonchev–Trinajstić information content (AvgIpc) is 3.16. The zero-order valence-electron chi connectivity index (χ0n) is 31.4. The molecule has 2 saturated carbocycles. The van der Waals surface area contributed by atoms with Crippen LogP contribution in [0.3, 0.4) is 0 Å². The van der Waals surface area contributed by atoms with Crippen LogP contribution < -0.4 is 16.0 Å². The molecule has 0 radical (unpaired) electrons.